The van der Waals surface area contributed by atoms with Crippen molar-refractivity contribution in [2.24, 2.45) is 11.3 Å². The fraction of sp³-hybridized carbons (Fsp3) is 0.289. The molecular formula is C38H43N2O2P. The van der Waals surface area contributed by atoms with E-state index < -0.39 is 13.2 Å². The topological polar surface area (TPSA) is 46.6 Å². The number of benzene rings is 4. The normalized spacial score (nSPS) is 22.1. The Kier molecular flexibility index (Phi) is 9.74. The zero-order chi connectivity index (χ0) is 30.5. The number of ketones is 1. The van der Waals surface area contributed by atoms with Crippen LogP contribution in [0.15, 0.2) is 134 Å². The molecule has 1 fully saturated rings. The lowest BCUT2D eigenvalue weighted by Crippen LogP contribution is -2.53. The Balaban J connectivity index is 1.71. The monoisotopic (exact) mass is 590 g/mol. The van der Waals surface area contributed by atoms with Gasteiger partial charge >= 0.3 is 0 Å². The van der Waals surface area contributed by atoms with Gasteiger partial charge in [0, 0.05) is 5.41 Å². The highest BCUT2D eigenvalue weighted by Crippen LogP contribution is 2.69. The molecule has 0 aromatic heterocycles. The van der Waals surface area contributed by atoms with Crippen LogP contribution in [-0.4, -0.2) is 21.3 Å². The summed E-state index contributed by atoms with van der Waals surface area (Å²) in [5.74, 6) is -0.0590. The summed E-state index contributed by atoms with van der Waals surface area (Å²) in [6.07, 6.45) is 2.54. The van der Waals surface area contributed by atoms with Crippen molar-refractivity contribution in [2.75, 3.05) is 6.16 Å². The molecule has 1 aliphatic rings. The van der Waals surface area contributed by atoms with Gasteiger partial charge in [0.2, 0.25) is 0 Å². The van der Waals surface area contributed by atoms with Gasteiger partial charge in [0.1, 0.15) is 14.0 Å². The maximum atomic E-state index is 16.2. The molecule has 0 aliphatic carbocycles. The summed E-state index contributed by atoms with van der Waals surface area (Å²) in [7, 11) is -3.53. The Morgan fingerprint density at radius 1 is 0.791 bits per heavy atom. The van der Waals surface area contributed by atoms with E-state index in [1.807, 2.05) is 75.4 Å². The molecule has 4 nitrogen and oxygen atoms in total. The zero-order valence-electron chi connectivity index (χ0n) is 25.6. The third kappa shape index (κ3) is 6.74. The zero-order valence-corrected chi connectivity index (χ0v) is 26.4. The second kappa shape index (κ2) is 13.5. The van der Waals surface area contributed by atoms with Crippen LogP contribution in [0.1, 0.15) is 61.5 Å². The van der Waals surface area contributed by atoms with Crippen molar-refractivity contribution in [3.8, 4) is 0 Å². The second-order valence-electron chi connectivity index (χ2n) is 12.2. The largest absolute Gasteiger partial charge is 0.650 e. The van der Waals surface area contributed by atoms with Gasteiger partial charge < -0.3 is 4.89 Å². The fourth-order valence-electron chi connectivity index (χ4n) is 6.11. The number of nitrogens with zero attached hydrogens (tertiary/aromatic N) is 2. The van der Waals surface area contributed by atoms with Crippen LogP contribution in [0, 0.1) is 11.3 Å². The van der Waals surface area contributed by atoms with Gasteiger partial charge in [0.05, 0.1) is 25.2 Å². The van der Waals surface area contributed by atoms with E-state index in [2.05, 4.69) is 88.7 Å². The maximum Gasteiger partial charge on any atom is 0.179 e. The molecule has 1 heterocycles. The first kappa shape index (κ1) is 31.0. The van der Waals surface area contributed by atoms with E-state index in [1.165, 1.54) is 0 Å². The summed E-state index contributed by atoms with van der Waals surface area (Å²) in [5.41, 5.74) is 3.67. The molecule has 4 aromatic carbocycles. The summed E-state index contributed by atoms with van der Waals surface area (Å²) in [6.45, 7) is 10.9. The number of carbonyl (C=O) groups is 1. The van der Waals surface area contributed by atoms with E-state index in [0.29, 0.717) is 13.1 Å². The molecule has 222 valence electrons. The van der Waals surface area contributed by atoms with Crippen molar-refractivity contribution in [1.82, 2.24) is 9.34 Å². The van der Waals surface area contributed by atoms with E-state index in [4.69, 9.17) is 0 Å². The number of allylic oxidation sites excluding steroid dienone is 1. The predicted octanol–water partition coefficient (Wildman–Crippen LogP) is 8.42. The average Bonchev–Trinajstić information content (AvgIpc) is 3.04. The first-order chi connectivity index (χ1) is 20.7. The van der Waals surface area contributed by atoms with Gasteiger partial charge in [-0.15, -0.1) is 6.58 Å². The van der Waals surface area contributed by atoms with Crippen LogP contribution in [0.5, 0.6) is 0 Å². The predicted molar refractivity (Wildman–Crippen MR) is 177 cm³/mol. The Bertz CT molecular complexity index is 1390. The molecule has 0 bridgehead atoms. The summed E-state index contributed by atoms with van der Waals surface area (Å²) in [5, 5.41) is 0. The van der Waals surface area contributed by atoms with Crippen LogP contribution in [0.2, 0.25) is 0 Å². The number of hydrogen-bond acceptors (Lipinski definition) is 4. The minimum absolute atomic E-state index is 0.000111. The van der Waals surface area contributed by atoms with Crippen molar-refractivity contribution >= 4 is 13.6 Å². The smallest absolute Gasteiger partial charge is 0.179 e. The molecular weight excluding hydrogens is 547 g/mol. The molecule has 43 heavy (non-hydrogen) atoms. The molecule has 0 spiro atoms. The average molecular weight is 591 g/mol. The highest BCUT2D eigenvalue weighted by atomic mass is 31.2. The van der Waals surface area contributed by atoms with Gasteiger partial charge in [-0.1, -0.05) is 148 Å². The van der Waals surface area contributed by atoms with Crippen molar-refractivity contribution < 1.29 is 9.69 Å². The van der Waals surface area contributed by atoms with Crippen molar-refractivity contribution in [1.29, 1.82) is 0 Å². The lowest BCUT2D eigenvalue weighted by atomic mass is 9.77. The van der Waals surface area contributed by atoms with Crippen LogP contribution in [-0.2, 0) is 17.9 Å². The van der Waals surface area contributed by atoms with Crippen LogP contribution in [0.25, 0.3) is 0 Å². The third-order valence-electron chi connectivity index (χ3n) is 9.27. The molecule has 0 saturated carbocycles. The van der Waals surface area contributed by atoms with Crippen molar-refractivity contribution in [3.05, 3.63) is 156 Å². The SMILES string of the molecule is C=CC(C)C(C)(C)C(=O)C[P+]1([O-])N(Cc2ccccc2)[C@H](c2ccccc2)C[C@@H](c2ccccc2)N1Cc1ccccc1. The van der Waals surface area contributed by atoms with Gasteiger partial charge in [0.25, 0.3) is 0 Å². The minimum Gasteiger partial charge on any atom is -0.650 e. The van der Waals surface area contributed by atoms with Gasteiger partial charge in [0.15, 0.2) is 5.78 Å². The Labute approximate surface area is 258 Å². The molecule has 1 saturated heterocycles. The van der Waals surface area contributed by atoms with E-state index in [1.54, 1.807) is 0 Å². The summed E-state index contributed by atoms with van der Waals surface area (Å²) in [6, 6.07) is 40.9. The second-order valence-corrected chi connectivity index (χ2v) is 14.9. The number of Topliss-reactive ketones (excluding diaryl/α,β-unsaturated/α-hetero) is 1. The van der Waals surface area contributed by atoms with E-state index in [0.717, 1.165) is 28.7 Å². The van der Waals surface area contributed by atoms with Crippen molar-refractivity contribution in [3.63, 3.8) is 0 Å². The number of rotatable bonds is 11. The Morgan fingerprint density at radius 3 is 1.53 bits per heavy atom. The van der Waals surface area contributed by atoms with Crippen LogP contribution < -0.4 is 4.89 Å². The molecule has 1 unspecified atom stereocenters. The molecule has 4 aromatic rings. The fourth-order valence-corrected chi connectivity index (χ4v) is 9.64. The van der Waals surface area contributed by atoms with Gasteiger partial charge in [-0.05, 0) is 34.6 Å². The molecule has 3 atom stereocenters. The lowest BCUT2D eigenvalue weighted by molar-refractivity contribution is -0.206. The molecule has 5 rings (SSSR count). The highest BCUT2D eigenvalue weighted by molar-refractivity contribution is 7.65. The van der Waals surface area contributed by atoms with Crippen LogP contribution in [0.3, 0.4) is 0 Å². The molecule has 0 amide bonds. The van der Waals surface area contributed by atoms with Crippen LogP contribution in [0.4, 0.5) is 0 Å². The van der Waals surface area contributed by atoms with E-state index in [-0.39, 0.29) is 29.9 Å². The molecule has 0 radical (unpaired) electrons. The Morgan fingerprint density at radius 2 is 1.16 bits per heavy atom. The molecule has 1 aliphatic heterocycles. The lowest BCUT2D eigenvalue weighted by Gasteiger charge is -2.56. The molecule has 5 heteroatoms. The standard InChI is InChI=1S/C38H43N2O2P/c1-5-30(2)38(3,4)37(41)29-43(42)39(27-31-18-10-6-11-19-31)35(33-22-14-8-15-23-33)26-36(34-24-16-9-17-25-34)40(43)28-32-20-12-7-13-21-32/h5-25,30,35-36H,1,26-29H2,2-4H3/t30?,35-,36-/m0/s1. The summed E-state index contributed by atoms with van der Waals surface area (Å²) in [4.78, 5) is 30.6. The molecule has 0 N–H and O–H groups in total. The van der Waals surface area contributed by atoms with Crippen molar-refractivity contribution in [2.45, 2.75) is 52.4 Å². The highest BCUT2D eigenvalue weighted by Gasteiger charge is 2.56. The van der Waals surface area contributed by atoms with Crippen LogP contribution >= 0.6 is 7.79 Å². The van der Waals surface area contributed by atoms with Gasteiger partial charge in [-0.25, -0.2) is 0 Å². The van der Waals surface area contributed by atoms with E-state index in [9.17, 15) is 4.79 Å². The van der Waals surface area contributed by atoms with Gasteiger partial charge in [-0.2, -0.15) is 9.34 Å². The third-order valence-corrected chi connectivity index (χ3v) is 12.4. The quantitative estimate of drug-likeness (QED) is 0.130. The van der Waals surface area contributed by atoms with E-state index >= 15 is 4.89 Å². The maximum absolute atomic E-state index is 16.2. The number of carbonyl (C=O) groups excluding carboxylic acids is 1. The van der Waals surface area contributed by atoms with Gasteiger partial charge in [-0.3, -0.25) is 4.79 Å². The summed E-state index contributed by atoms with van der Waals surface area (Å²) < 4.78 is 4.35. The number of hydrogen-bond donors (Lipinski definition) is 0. The Hall–Kier alpha value is -3.40. The first-order valence-corrected chi connectivity index (χ1v) is 17.0. The minimum atomic E-state index is -3.53. The first-order valence-electron chi connectivity index (χ1n) is 15.2. The summed E-state index contributed by atoms with van der Waals surface area (Å²) >= 11 is 0.